The molecule has 2 rings (SSSR count). The summed E-state index contributed by atoms with van der Waals surface area (Å²) in [6.45, 7) is 9.94. The quantitative estimate of drug-likeness (QED) is 0.722. The van der Waals surface area contributed by atoms with E-state index >= 15 is 0 Å². The van der Waals surface area contributed by atoms with Gasteiger partial charge < -0.3 is 10.2 Å². The smallest absolute Gasteiger partial charge is 0.00721 e. The molecule has 0 aromatic rings. The van der Waals surface area contributed by atoms with Crippen molar-refractivity contribution < 1.29 is 0 Å². The average molecular weight is 224 g/mol. The molecule has 1 saturated heterocycles. The lowest BCUT2D eigenvalue weighted by atomic mass is 9.82. The van der Waals surface area contributed by atoms with Crippen molar-refractivity contribution >= 4 is 0 Å². The van der Waals surface area contributed by atoms with E-state index in [9.17, 15) is 0 Å². The van der Waals surface area contributed by atoms with Gasteiger partial charge in [0, 0.05) is 6.04 Å². The molecule has 0 amide bonds. The lowest BCUT2D eigenvalue weighted by molar-refractivity contribution is 0.185. The molecule has 2 heteroatoms. The molecule has 0 aromatic carbocycles. The summed E-state index contributed by atoms with van der Waals surface area (Å²) in [5.41, 5.74) is 0. The van der Waals surface area contributed by atoms with Crippen LogP contribution in [0.1, 0.15) is 46.0 Å². The molecule has 1 heterocycles. The number of rotatable bonds is 5. The van der Waals surface area contributed by atoms with Crippen molar-refractivity contribution in [3.05, 3.63) is 0 Å². The SMILES string of the molecule is CC1CCN(CCCNC2CC(C)C2)CC1. The number of likely N-dealkylation sites (tertiary alicyclic amines) is 1. The fraction of sp³-hybridized carbons (Fsp3) is 1.00. The van der Waals surface area contributed by atoms with Crippen molar-refractivity contribution in [2.45, 2.75) is 52.0 Å². The highest BCUT2D eigenvalue weighted by Crippen LogP contribution is 2.26. The number of nitrogens with one attached hydrogen (secondary N) is 1. The minimum absolute atomic E-state index is 0.844. The highest BCUT2D eigenvalue weighted by atomic mass is 15.1. The first kappa shape index (κ1) is 12.4. The summed E-state index contributed by atoms with van der Waals surface area (Å²) >= 11 is 0. The van der Waals surface area contributed by atoms with Crippen LogP contribution in [0.2, 0.25) is 0 Å². The van der Waals surface area contributed by atoms with E-state index in [0.717, 1.165) is 17.9 Å². The number of hydrogen-bond donors (Lipinski definition) is 1. The van der Waals surface area contributed by atoms with Gasteiger partial charge in [0.15, 0.2) is 0 Å². The summed E-state index contributed by atoms with van der Waals surface area (Å²) < 4.78 is 0. The Hall–Kier alpha value is -0.0800. The molecule has 2 fully saturated rings. The van der Waals surface area contributed by atoms with Gasteiger partial charge in [0.05, 0.1) is 0 Å². The van der Waals surface area contributed by atoms with Crippen molar-refractivity contribution in [3.8, 4) is 0 Å². The maximum absolute atomic E-state index is 3.67. The maximum Gasteiger partial charge on any atom is 0.00721 e. The first-order chi connectivity index (χ1) is 7.74. The number of nitrogens with zero attached hydrogens (tertiary/aromatic N) is 1. The largest absolute Gasteiger partial charge is 0.314 e. The maximum atomic E-state index is 3.67. The molecule has 0 radical (unpaired) electrons. The van der Waals surface area contributed by atoms with E-state index in [-0.39, 0.29) is 0 Å². The van der Waals surface area contributed by atoms with E-state index in [0.29, 0.717) is 0 Å². The van der Waals surface area contributed by atoms with Gasteiger partial charge in [-0.15, -0.1) is 0 Å². The zero-order chi connectivity index (χ0) is 11.4. The zero-order valence-electron chi connectivity index (χ0n) is 11.0. The predicted molar refractivity (Wildman–Crippen MR) is 69.6 cm³/mol. The van der Waals surface area contributed by atoms with Crippen molar-refractivity contribution in [3.63, 3.8) is 0 Å². The van der Waals surface area contributed by atoms with Crippen LogP contribution in [0.3, 0.4) is 0 Å². The number of hydrogen-bond acceptors (Lipinski definition) is 2. The fourth-order valence-corrected chi connectivity index (χ4v) is 2.96. The Balaban J connectivity index is 1.45. The Bertz CT molecular complexity index is 191. The molecule has 1 N–H and O–H groups in total. The summed E-state index contributed by atoms with van der Waals surface area (Å²) in [4.78, 5) is 2.64. The van der Waals surface area contributed by atoms with E-state index in [1.54, 1.807) is 0 Å². The lowest BCUT2D eigenvalue weighted by Crippen LogP contribution is -2.41. The fourth-order valence-electron chi connectivity index (χ4n) is 2.96. The zero-order valence-corrected chi connectivity index (χ0v) is 11.0. The Labute approximate surface area is 101 Å². The minimum Gasteiger partial charge on any atom is -0.314 e. The van der Waals surface area contributed by atoms with Crippen LogP contribution in [0.25, 0.3) is 0 Å². The van der Waals surface area contributed by atoms with Crippen LogP contribution in [-0.4, -0.2) is 37.1 Å². The molecular formula is C14H28N2. The molecule has 0 aromatic heterocycles. The Morgan fingerprint density at radius 3 is 2.38 bits per heavy atom. The van der Waals surface area contributed by atoms with Crippen LogP contribution in [0, 0.1) is 11.8 Å². The topological polar surface area (TPSA) is 15.3 Å². The molecule has 0 unspecified atom stereocenters. The normalized spacial score (nSPS) is 32.6. The molecule has 16 heavy (non-hydrogen) atoms. The van der Waals surface area contributed by atoms with E-state index in [1.165, 1.54) is 58.3 Å². The Morgan fingerprint density at radius 1 is 1.06 bits per heavy atom. The van der Waals surface area contributed by atoms with E-state index in [1.807, 2.05) is 0 Å². The number of piperidine rings is 1. The van der Waals surface area contributed by atoms with E-state index in [2.05, 4.69) is 24.1 Å². The predicted octanol–water partition coefficient (Wildman–Crippen LogP) is 2.50. The van der Waals surface area contributed by atoms with Gasteiger partial charge in [-0.1, -0.05) is 13.8 Å². The van der Waals surface area contributed by atoms with Crippen molar-refractivity contribution in [2.24, 2.45) is 11.8 Å². The van der Waals surface area contributed by atoms with Gasteiger partial charge in [0.1, 0.15) is 0 Å². The van der Waals surface area contributed by atoms with Gasteiger partial charge >= 0.3 is 0 Å². The second-order valence-corrected chi connectivity index (χ2v) is 6.11. The second-order valence-electron chi connectivity index (χ2n) is 6.11. The van der Waals surface area contributed by atoms with Crippen LogP contribution < -0.4 is 5.32 Å². The molecule has 1 saturated carbocycles. The molecule has 0 atom stereocenters. The second kappa shape index (κ2) is 6.02. The van der Waals surface area contributed by atoms with Crippen LogP contribution in [0.5, 0.6) is 0 Å². The van der Waals surface area contributed by atoms with Crippen LogP contribution >= 0.6 is 0 Å². The summed E-state index contributed by atoms with van der Waals surface area (Å²) in [5.74, 6) is 1.94. The van der Waals surface area contributed by atoms with Gasteiger partial charge in [0.2, 0.25) is 0 Å². The van der Waals surface area contributed by atoms with Gasteiger partial charge in [-0.25, -0.2) is 0 Å². The van der Waals surface area contributed by atoms with Gasteiger partial charge in [-0.2, -0.15) is 0 Å². The van der Waals surface area contributed by atoms with Gasteiger partial charge in [-0.05, 0) is 70.1 Å². The summed E-state index contributed by atoms with van der Waals surface area (Å²) in [6, 6.07) is 0.844. The molecule has 2 aliphatic rings. The third-order valence-corrected chi connectivity index (χ3v) is 4.33. The molecule has 0 spiro atoms. The van der Waals surface area contributed by atoms with Crippen LogP contribution in [-0.2, 0) is 0 Å². The van der Waals surface area contributed by atoms with E-state index < -0.39 is 0 Å². The highest BCUT2D eigenvalue weighted by Gasteiger charge is 2.24. The summed E-state index contributed by atoms with van der Waals surface area (Å²) in [5, 5.41) is 3.67. The standard InChI is InChI=1S/C14H28N2/c1-12-4-8-16(9-5-12)7-3-6-15-14-10-13(2)11-14/h12-15H,3-11H2,1-2H3. The summed E-state index contributed by atoms with van der Waals surface area (Å²) in [6.07, 6.45) is 6.96. The molecule has 1 aliphatic carbocycles. The van der Waals surface area contributed by atoms with Crippen molar-refractivity contribution in [1.82, 2.24) is 10.2 Å². The van der Waals surface area contributed by atoms with Crippen LogP contribution in [0.4, 0.5) is 0 Å². The van der Waals surface area contributed by atoms with Crippen molar-refractivity contribution in [2.75, 3.05) is 26.2 Å². The Morgan fingerprint density at radius 2 is 1.75 bits per heavy atom. The highest BCUT2D eigenvalue weighted by molar-refractivity contribution is 4.82. The molecule has 1 aliphatic heterocycles. The lowest BCUT2D eigenvalue weighted by Gasteiger charge is -2.34. The average Bonchev–Trinajstić information content (AvgIpc) is 2.24. The van der Waals surface area contributed by atoms with E-state index in [4.69, 9.17) is 0 Å². The molecule has 94 valence electrons. The minimum atomic E-state index is 0.844. The van der Waals surface area contributed by atoms with Crippen molar-refractivity contribution in [1.29, 1.82) is 0 Å². The first-order valence-corrected chi connectivity index (χ1v) is 7.20. The third-order valence-electron chi connectivity index (χ3n) is 4.33. The summed E-state index contributed by atoms with van der Waals surface area (Å²) in [7, 11) is 0. The first-order valence-electron chi connectivity index (χ1n) is 7.20. The van der Waals surface area contributed by atoms with Crippen LogP contribution in [0.15, 0.2) is 0 Å². The van der Waals surface area contributed by atoms with Gasteiger partial charge in [-0.3, -0.25) is 0 Å². The molecule has 0 bridgehead atoms. The Kier molecular flexibility index (Phi) is 4.66. The third kappa shape index (κ3) is 3.74. The monoisotopic (exact) mass is 224 g/mol. The molecule has 2 nitrogen and oxygen atoms in total. The van der Waals surface area contributed by atoms with Gasteiger partial charge in [0.25, 0.3) is 0 Å². The molecular weight excluding hydrogens is 196 g/mol.